The van der Waals surface area contributed by atoms with Gasteiger partial charge in [0, 0.05) is 29.7 Å². The Hall–Kier alpha value is -2.54. The van der Waals surface area contributed by atoms with Crippen LogP contribution in [0.4, 0.5) is 8.78 Å². The molecule has 0 heterocycles. The first-order valence-corrected chi connectivity index (χ1v) is 8.88. The topological polar surface area (TPSA) is 46.6 Å². The van der Waals surface area contributed by atoms with Crippen molar-refractivity contribution in [3.05, 3.63) is 75.8 Å². The zero-order valence-electron chi connectivity index (χ0n) is 14.8. The molecule has 2 rings (SSSR count). The van der Waals surface area contributed by atoms with Crippen molar-refractivity contribution in [1.29, 1.82) is 0 Å². The Morgan fingerprint density at radius 2 is 1.96 bits per heavy atom. The molecule has 0 saturated heterocycles. The van der Waals surface area contributed by atoms with E-state index in [4.69, 9.17) is 4.74 Å². The number of likely N-dealkylation sites (N-methyl/N-ethyl adjacent to an activating group) is 1. The molecule has 0 aromatic heterocycles. The number of halogens is 3. The van der Waals surface area contributed by atoms with Gasteiger partial charge in [-0.25, -0.2) is 13.6 Å². The summed E-state index contributed by atoms with van der Waals surface area (Å²) in [4.78, 5) is 25.5. The second-order valence-electron chi connectivity index (χ2n) is 5.90. The first-order valence-electron chi connectivity index (χ1n) is 8.09. The van der Waals surface area contributed by atoms with Gasteiger partial charge in [0.1, 0.15) is 11.6 Å². The Bertz CT molecular complexity index is 870. The predicted molar refractivity (Wildman–Crippen MR) is 102 cm³/mol. The van der Waals surface area contributed by atoms with Crippen molar-refractivity contribution in [3.63, 3.8) is 0 Å². The van der Waals surface area contributed by atoms with E-state index >= 15 is 0 Å². The van der Waals surface area contributed by atoms with Crippen molar-refractivity contribution in [2.24, 2.45) is 0 Å². The first-order chi connectivity index (χ1) is 12.8. The fourth-order valence-electron chi connectivity index (χ4n) is 2.36. The Kier molecular flexibility index (Phi) is 7.24. The summed E-state index contributed by atoms with van der Waals surface area (Å²) in [6, 6.07) is 10.2. The standard InChI is InChI=1S/C20H18BrF2NO3/c1-13(20(26)24(2)12-14-4-3-5-17(22)10-14)27-19(25)9-6-15-11-16(21)7-8-18(15)23/h3-11,13H,12H2,1-2H3/b9-6+. The minimum atomic E-state index is -1.03. The molecular formula is C20H18BrF2NO3. The number of rotatable bonds is 6. The van der Waals surface area contributed by atoms with E-state index in [-0.39, 0.29) is 12.1 Å². The molecule has 1 amide bonds. The third-order valence-electron chi connectivity index (χ3n) is 3.68. The van der Waals surface area contributed by atoms with E-state index < -0.39 is 29.6 Å². The van der Waals surface area contributed by atoms with Crippen LogP contribution in [0, 0.1) is 11.6 Å². The van der Waals surface area contributed by atoms with E-state index in [0.717, 1.165) is 6.08 Å². The highest BCUT2D eigenvalue weighted by Crippen LogP contribution is 2.17. The summed E-state index contributed by atoms with van der Waals surface area (Å²) >= 11 is 3.22. The number of esters is 1. The average Bonchev–Trinajstić information content (AvgIpc) is 2.61. The van der Waals surface area contributed by atoms with E-state index in [1.54, 1.807) is 18.2 Å². The number of carbonyl (C=O) groups is 2. The summed E-state index contributed by atoms with van der Waals surface area (Å²) in [5, 5.41) is 0. The molecule has 1 atom stereocenters. The van der Waals surface area contributed by atoms with Gasteiger partial charge < -0.3 is 9.64 Å². The fourth-order valence-corrected chi connectivity index (χ4v) is 2.74. The molecule has 2 aromatic rings. The highest BCUT2D eigenvalue weighted by Gasteiger charge is 2.21. The van der Waals surface area contributed by atoms with E-state index in [2.05, 4.69) is 15.9 Å². The Morgan fingerprint density at radius 3 is 2.67 bits per heavy atom. The van der Waals surface area contributed by atoms with Gasteiger partial charge in [-0.05, 0) is 48.9 Å². The number of nitrogens with zero attached hydrogens (tertiary/aromatic N) is 1. The second kappa shape index (κ2) is 9.41. The highest BCUT2D eigenvalue weighted by molar-refractivity contribution is 9.10. The normalized spacial score (nSPS) is 12.0. The zero-order chi connectivity index (χ0) is 20.0. The lowest BCUT2D eigenvalue weighted by Crippen LogP contribution is -2.36. The molecule has 0 radical (unpaired) electrons. The van der Waals surface area contributed by atoms with Gasteiger partial charge in [0.25, 0.3) is 5.91 Å². The van der Waals surface area contributed by atoms with Crippen LogP contribution in [-0.4, -0.2) is 29.9 Å². The number of ether oxygens (including phenoxy) is 1. The summed E-state index contributed by atoms with van der Waals surface area (Å²) < 4.78 is 32.6. The molecule has 0 saturated carbocycles. The van der Waals surface area contributed by atoms with Crippen LogP contribution in [0.1, 0.15) is 18.1 Å². The summed E-state index contributed by atoms with van der Waals surface area (Å²) in [5.74, 6) is -2.08. The zero-order valence-corrected chi connectivity index (χ0v) is 16.4. The van der Waals surface area contributed by atoms with Gasteiger partial charge in [-0.1, -0.05) is 28.1 Å². The van der Waals surface area contributed by atoms with Crippen LogP contribution >= 0.6 is 15.9 Å². The molecule has 0 N–H and O–H groups in total. The van der Waals surface area contributed by atoms with Crippen molar-refractivity contribution in [3.8, 4) is 0 Å². The van der Waals surface area contributed by atoms with Crippen LogP contribution in [0.2, 0.25) is 0 Å². The molecule has 0 fully saturated rings. The molecule has 4 nitrogen and oxygen atoms in total. The lowest BCUT2D eigenvalue weighted by Gasteiger charge is -2.21. The largest absolute Gasteiger partial charge is 0.449 e. The number of hydrogen-bond acceptors (Lipinski definition) is 3. The number of hydrogen-bond donors (Lipinski definition) is 0. The minimum Gasteiger partial charge on any atom is -0.449 e. The Labute approximate surface area is 164 Å². The maximum absolute atomic E-state index is 13.6. The Balaban J connectivity index is 1.93. The van der Waals surface area contributed by atoms with Gasteiger partial charge in [-0.15, -0.1) is 0 Å². The molecule has 27 heavy (non-hydrogen) atoms. The second-order valence-corrected chi connectivity index (χ2v) is 6.82. The summed E-state index contributed by atoms with van der Waals surface area (Å²) in [7, 11) is 1.53. The SMILES string of the molecule is CC(OC(=O)/C=C/c1cc(Br)ccc1F)C(=O)N(C)Cc1cccc(F)c1. The quantitative estimate of drug-likeness (QED) is 0.499. The van der Waals surface area contributed by atoms with Gasteiger partial charge in [-0.3, -0.25) is 4.79 Å². The van der Waals surface area contributed by atoms with Gasteiger partial charge in [0.05, 0.1) is 0 Å². The number of amides is 1. The molecule has 1 unspecified atom stereocenters. The lowest BCUT2D eigenvalue weighted by molar-refractivity contribution is -0.154. The predicted octanol–water partition coefficient (Wildman–Crippen LogP) is 4.33. The van der Waals surface area contributed by atoms with E-state index in [1.165, 1.54) is 49.2 Å². The molecule has 142 valence electrons. The lowest BCUT2D eigenvalue weighted by atomic mass is 10.2. The van der Waals surface area contributed by atoms with Crippen LogP contribution in [0.15, 0.2) is 53.0 Å². The van der Waals surface area contributed by atoms with Crippen LogP contribution in [0.25, 0.3) is 6.08 Å². The van der Waals surface area contributed by atoms with Crippen LogP contribution in [0.3, 0.4) is 0 Å². The summed E-state index contributed by atoms with van der Waals surface area (Å²) in [6.45, 7) is 1.62. The molecule has 0 bridgehead atoms. The molecule has 0 aliphatic carbocycles. The van der Waals surface area contributed by atoms with Crippen molar-refractivity contribution in [2.75, 3.05) is 7.05 Å². The smallest absolute Gasteiger partial charge is 0.331 e. The number of benzene rings is 2. The highest BCUT2D eigenvalue weighted by atomic mass is 79.9. The average molecular weight is 438 g/mol. The van der Waals surface area contributed by atoms with E-state index in [9.17, 15) is 18.4 Å². The third kappa shape index (κ3) is 6.29. The maximum atomic E-state index is 13.6. The van der Waals surface area contributed by atoms with Gasteiger partial charge in [0.15, 0.2) is 6.10 Å². The van der Waals surface area contributed by atoms with Crippen molar-refractivity contribution >= 4 is 33.9 Å². The molecule has 2 aromatic carbocycles. The van der Waals surface area contributed by atoms with Crippen LogP contribution < -0.4 is 0 Å². The molecule has 0 spiro atoms. The molecular weight excluding hydrogens is 420 g/mol. The van der Waals surface area contributed by atoms with E-state index in [0.29, 0.717) is 10.0 Å². The van der Waals surface area contributed by atoms with E-state index in [1.807, 2.05) is 0 Å². The Morgan fingerprint density at radius 1 is 1.22 bits per heavy atom. The van der Waals surface area contributed by atoms with Crippen molar-refractivity contribution in [1.82, 2.24) is 4.90 Å². The maximum Gasteiger partial charge on any atom is 0.331 e. The van der Waals surface area contributed by atoms with Gasteiger partial charge >= 0.3 is 5.97 Å². The minimum absolute atomic E-state index is 0.178. The first kappa shape index (κ1) is 20.8. The molecule has 7 heteroatoms. The van der Waals surface area contributed by atoms with Crippen LogP contribution in [-0.2, 0) is 20.9 Å². The van der Waals surface area contributed by atoms with Gasteiger partial charge in [0.2, 0.25) is 0 Å². The van der Waals surface area contributed by atoms with Crippen molar-refractivity contribution in [2.45, 2.75) is 19.6 Å². The summed E-state index contributed by atoms with van der Waals surface area (Å²) in [6.07, 6.45) is 1.30. The fraction of sp³-hybridized carbons (Fsp3) is 0.200. The van der Waals surface area contributed by atoms with Gasteiger partial charge in [-0.2, -0.15) is 0 Å². The third-order valence-corrected chi connectivity index (χ3v) is 4.18. The summed E-state index contributed by atoms with van der Waals surface area (Å²) in [5.41, 5.74) is 0.831. The van der Waals surface area contributed by atoms with Crippen LogP contribution in [0.5, 0.6) is 0 Å². The monoisotopic (exact) mass is 437 g/mol. The molecule has 0 aliphatic heterocycles. The number of carbonyl (C=O) groups excluding carboxylic acids is 2. The molecule has 0 aliphatic rings. The van der Waals surface area contributed by atoms with Crippen molar-refractivity contribution < 1.29 is 23.1 Å².